The summed E-state index contributed by atoms with van der Waals surface area (Å²) in [5, 5.41) is 5.03. The van der Waals surface area contributed by atoms with Crippen molar-refractivity contribution in [1.29, 1.82) is 0 Å². The first kappa shape index (κ1) is 22.3. The SMILES string of the molecule is COC(=O)c1ccc(Cn2cc(/C=N/NC(=O)COc3cccc(Br)c3)c3ccccc32)o1. The molecule has 0 atom stereocenters. The molecule has 0 saturated carbocycles. The Morgan fingerprint density at radius 2 is 2.00 bits per heavy atom. The molecule has 2 aromatic heterocycles. The van der Waals surface area contributed by atoms with Gasteiger partial charge < -0.3 is 18.5 Å². The lowest BCUT2D eigenvalue weighted by atomic mass is 10.2. The highest BCUT2D eigenvalue weighted by molar-refractivity contribution is 9.10. The lowest BCUT2D eigenvalue weighted by Gasteiger charge is -2.04. The van der Waals surface area contributed by atoms with Gasteiger partial charge in [0.15, 0.2) is 6.61 Å². The van der Waals surface area contributed by atoms with Crippen LogP contribution in [0.1, 0.15) is 21.9 Å². The number of para-hydroxylation sites is 1. The Labute approximate surface area is 197 Å². The quantitative estimate of drug-likeness (QED) is 0.216. The van der Waals surface area contributed by atoms with E-state index >= 15 is 0 Å². The average Bonchev–Trinajstić information content (AvgIpc) is 3.43. The van der Waals surface area contributed by atoms with Gasteiger partial charge in [0.05, 0.1) is 19.9 Å². The summed E-state index contributed by atoms with van der Waals surface area (Å²) in [5.41, 5.74) is 4.25. The first-order chi connectivity index (χ1) is 16.0. The van der Waals surface area contributed by atoms with Crippen molar-refractivity contribution in [2.24, 2.45) is 5.10 Å². The van der Waals surface area contributed by atoms with Crippen molar-refractivity contribution in [1.82, 2.24) is 9.99 Å². The normalized spacial score (nSPS) is 11.1. The fourth-order valence-electron chi connectivity index (χ4n) is 3.26. The zero-order chi connectivity index (χ0) is 23.2. The number of rotatable bonds is 8. The highest BCUT2D eigenvalue weighted by Gasteiger charge is 2.13. The zero-order valence-electron chi connectivity index (χ0n) is 17.7. The van der Waals surface area contributed by atoms with Crippen LogP contribution in [0.2, 0.25) is 0 Å². The van der Waals surface area contributed by atoms with Gasteiger partial charge in [-0.1, -0.05) is 40.2 Å². The largest absolute Gasteiger partial charge is 0.484 e. The van der Waals surface area contributed by atoms with E-state index < -0.39 is 5.97 Å². The molecule has 33 heavy (non-hydrogen) atoms. The second-order valence-corrected chi connectivity index (χ2v) is 7.94. The van der Waals surface area contributed by atoms with Gasteiger partial charge in [0.25, 0.3) is 5.91 Å². The number of fused-ring (bicyclic) bond motifs is 1. The lowest BCUT2D eigenvalue weighted by molar-refractivity contribution is -0.123. The average molecular weight is 510 g/mol. The number of aromatic nitrogens is 1. The Hall–Kier alpha value is -3.85. The molecule has 0 bridgehead atoms. The molecule has 0 spiro atoms. The molecule has 0 aliphatic carbocycles. The number of hydrogen-bond acceptors (Lipinski definition) is 6. The van der Waals surface area contributed by atoms with E-state index in [2.05, 4.69) is 31.2 Å². The lowest BCUT2D eigenvalue weighted by Crippen LogP contribution is -2.24. The van der Waals surface area contributed by atoms with Crippen molar-refractivity contribution in [3.63, 3.8) is 0 Å². The second-order valence-electron chi connectivity index (χ2n) is 7.03. The van der Waals surface area contributed by atoms with E-state index in [-0.39, 0.29) is 18.3 Å². The number of halogens is 1. The van der Waals surface area contributed by atoms with Crippen molar-refractivity contribution >= 4 is 44.9 Å². The second kappa shape index (κ2) is 10.2. The Bertz CT molecular complexity index is 1320. The predicted molar refractivity (Wildman–Crippen MR) is 126 cm³/mol. The molecule has 0 radical (unpaired) electrons. The van der Waals surface area contributed by atoms with E-state index in [1.54, 1.807) is 30.5 Å². The molecule has 0 fully saturated rings. The first-order valence-electron chi connectivity index (χ1n) is 9.98. The van der Waals surface area contributed by atoms with Crippen LogP contribution in [0.4, 0.5) is 0 Å². The molecular weight excluding hydrogens is 490 g/mol. The fourth-order valence-corrected chi connectivity index (χ4v) is 3.64. The highest BCUT2D eigenvalue weighted by Crippen LogP contribution is 2.22. The molecule has 0 saturated heterocycles. The molecule has 1 N–H and O–H groups in total. The minimum absolute atomic E-state index is 0.151. The van der Waals surface area contributed by atoms with Crippen LogP contribution in [0.3, 0.4) is 0 Å². The minimum atomic E-state index is -0.522. The van der Waals surface area contributed by atoms with Crippen molar-refractivity contribution in [3.8, 4) is 5.75 Å². The van der Waals surface area contributed by atoms with Crippen LogP contribution in [0.25, 0.3) is 10.9 Å². The van der Waals surface area contributed by atoms with Crippen molar-refractivity contribution in [2.45, 2.75) is 6.54 Å². The van der Waals surface area contributed by atoms with Crippen LogP contribution in [0, 0.1) is 0 Å². The van der Waals surface area contributed by atoms with Gasteiger partial charge in [-0.15, -0.1) is 0 Å². The Morgan fingerprint density at radius 1 is 1.15 bits per heavy atom. The number of ether oxygens (including phenoxy) is 2. The van der Waals surface area contributed by atoms with Crippen molar-refractivity contribution in [2.75, 3.05) is 13.7 Å². The van der Waals surface area contributed by atoms with E-state index in [4.69, 9.17) is 9.15 Å². The zero-order valence-corrected chi connectivity index (χ0v) is 19.2. The van der Waals surface area contributed by atoms with Crippen LogP contribution in [0.5, 0.6) is 5.75 Å². The van der Waals surface area contributed by atoms with Crippen LogP contribution in [-0.2, 0) is 16.1 Å². The molecule has 4 rings (SSSR count). The molecule has 2 heterocycles. The minimum Gasteiger partial charge on any atom is -0.484 e. The molecular formula is C24H20BrN3O5. The molecule has 1 amide bonds. The molecule has 0 aliphatic heterocycles. The van der Waals surface area contributed by atoms with E-state index in [0.29, 0.717) is 18.1 Å². The maximum atomic E-state index is 12.1. The number of amides is 1. The molecule has 8 nitrogen and oxygen atoms in total. The number of nitrogens with one attached hydrogen (secondary N) is 1. The van der Waals surface area contributed by atoms with E-state index in [0.717, 1.165) is 20.9 Å². The van der Waals surface area contributed by atoms with Crippen molar-refractivity contribution in [3.05, 3.63) is 88.4 Å². The van der Waals surface area contributed by atoms with Crippen molar-refractivity contribution < 1.29 is 23.5 Å². The summed E-state index contributed by atoms with van der Waals surface area (Å²) in [7, 11) is 1.31. The number of carbonyl (C=O) groups excluding carboxylic acids is 2. The topological polar surface area (TPSA) is 95.1 Å². The van der Waals surface area contributed by atoms with Gasteiger partial charge in [-0.25, -0.2) is 10.2 Å². The Morgan fingerprint density at radius 3 is 2.82 bits per heavy atom. The van der Waals surface area contributed by atoms with Gasteiger partial charge in [-0.3, -0.25) is 4.79 Å². The number of hydrazone groups is 1. The summed E-state index contributed by atoms with van der Waals surface area (Å²) < 4.78 is 18.6. The van der Waals surface area contributed by atoms with Crippen LogP contribution >= 0.6 is 15.9 Å². The maximum absolute atomic E-state index is 12.1. The summed E-state index contributed by atoms with van der Waals surface area (Å²) in [6, 6.07) is 18.4. The Kier molecular flexibility index (Phi) is 6.89. The molecule has 0 aliphatic rings. The van der Waals surface area contributed by atoms with Crippen LogP contribution in [-0.4, -0.2) is 36.4 Å². The first-order valence-corrected chi connectivity index (χ1v) is 10.8. The Balaban J connectivity index is 1.43. The molecule has 0 unspecified atom stereocenters. The van der Waals surface area contributed by atoms with Gasteiger partial charge >= 0.3 is 5.97 Å². The summed E-state index contributed by atoms with van der Waals surface area (Å²) in [6.07, 6.45) is 3.48. The number of methoxy groups -OCH3 is 1. The summed E-state index contributed by atoms with van der Waals surface area (Å²) in [5.74, 6) is 0.447. The number of hydrogen-bond donors (Lipinski definition) is 1. The van der Waals surface area contributed by atoms with Gasteiger partial charge in [0.2, 0.25) is 5.76 Å². The third-order valence-corrected chi connectivity index (χ3v) is 5.25. The fraction of sp³-hybridized carbons (Fsp3) is 0.125. The smallest absolute Gasteiger partial charge is 0.373 e. The van der Waals surface area contributed by atoms with E-state index in [9.17, 15) is 9.59 Å². The van der Waals surface area contributed by atoms with Gasteiger partial charge in [0, 0.05) is 27.1 Å². The third-order valence-electron chi connectivity index (χ3n) is 4.75. The van der Waals surface area contributed by atoms with Crippen LogP contribution in [0.15, 0.2) is 80.9 Å². The van der Waals surface area contributed by atoms with Gasteiger partial charge in [-0.2, -0.15) is 5.10 Å². The van der Waals surface area contributed by atoms with Gasteiger partial charge in [0.1, 0.15) is 11.5 Å². The number of nitrogens with zero attached hydrogens (tertiary/aromatic N) is 2. The monoisotopic (exact) mass is 509 g/mol. The summed E-state index contributed by atoms with van der Waals surface area (Å²) in [6.45, 7) is 0.259. The maximum Gasteiger partial charge on any atom is 0.373 e. The molecule has 9 heteroatoms. The number of furan rings is 1. The number of carbonyl (C=O) groups is 2. The standard InChI is InChI=1S/C24H20BrN3O5/c1-31-24(30)22-10-9-19(33-22)14-28-13-16(20-7-2-3-8-21(20)28)12-26-27-23(29)15-32-18-6-4-5-17(25)11-18/h2-13H,14-15H2,1H3,(H,27,29)/b26-12+. The van der Waals surface area contributed by atoms with Crippen LogP contribution < -0.4 is 10.2 Å². The number of benzene rings is 2. The molecule has 2 aromatic carbocycles. The van der Waals surface area contributed by atoms with E-state index in [1.165, 1.54) is 7.11 Å². The predicted octanol–water partition coefficient (Wildman–Crippen LogP) is 4.36. The molecule has 168 valence electrons. The van der Waals surface area contributed by atoms with Gasteiger partial charge in [-0.05, 0) is 36.4 Å². The molecule has 4 aromatic rings. The summed E-state index contributed by atoms with van der Waals surface area (Å²) >= 11 is 3.36. The number of esters is 1. The summed E-state index contributed by atoms with van der Waals surface area (Å²) in [4.78, 5) is 23.7. The third kappa shape index (κ3) is 5.50. The highest BCUT2D eigenvalue weighted by atomic mass is 79.9. The van der Waals surface area contributed by atoms with E-state index in [1.807, 2.05) is 47.2 Å².